The molecule has 0 radical (unpaired) electrons. The first-order valence-electron chi connectivity index (χ1n) is 5.50. The molecule has 1 aromatic rings. The molecular weight excluding hydrogens is 238 g/mol. The van der Waals surface area contributed by atoms with Crippen molar-refractivity contribution < 1.29 is 9.59 Å². The van der Waals surface area contributed by atoms with E-state index in [1.165, 1.54) is 17.4 Å². The Bertz CT molecular complexity index is 440. The van der Waals surface area contributed by atoms with Gasteiger partial charge in [-0.1, -0.05) is 0 Å². The van der Waals surface area contributed by atoms with Gasteiger partial charge in [-0.3, -0.25) is 9.59 Å². The van der Waals surface area contributed by atoms with Gasteiger partial charge in [-0.15, -0.1) is 11.3 Å². The topological polar surface area (TPSA) is 98.2 Å². The Morgan fingerprint density at radius 3 is 2.76 bits per heavy atom. The van der Waals surface area contributed by atoms with Crippen molar-refractivity contribution >= 4 is 23.2 Å². The van der Waals surface area contributed by atoms with E-state index < -0.39 is 5.91 Å². The van der Waals surface area contributed by atoms with Crippen LogP contribution < -0.4 is 16.8 Å². The molecule has 2 rings (SSSR count). The second-order valence-corrected chi connectivity index (χ2v) is 5.19. The molecule has 1 aliphatic rings. The highest BCUT2D eigenvalue weighted by Crippen LogP contribution is 2.31. The minimum absolute atomic E-state index is 0.0366. The van der Waals surface area contributed by atoms with Crippen molar-refractivity contribution in [3.63, 3.8) is 0 Å². The fraction of sp³-hybridized carbons (Fsp3) is 0.455. The normalized spacial score (nSPS) is 16.5. The summed E-state index contributed by atoms with van der Waals surface area (Å²) in [5.41, 5.74) is 11.4. The first-order chi connectivity index (χ1) is 8.08. The maximum atomic E-state index is 11.7. The van der Waals surface area contributed by atoms with Crippen molar-refractivity contribution in [1.29, 1.82) is 0 Å². The number of thiophene rings is 1. The van der Waals surface area contributed by atoms with Gasteiger partial charge in [0.2, 0.25) is 5.91 Å². The van der Waals surface area contributed by atoms with Crippen molar-refractivity contribution in [2.24, 2.45) is 17.4 Å². The predicted octanol–water partition coefficient (Wildman–Crippen LogP) is 0.314. The molecule has 0 aromatic carbocycles. The van der Waals surface area contributed by atoms with Crippen LogP contribution in [0.1, 0.15) is 32.9 Å². The predicted molar refractivity (Wildman–Crippen MR) is 65.9 cm³/mol. The molecule has 2 amide bonds. The van der Waals surface area contributed by atoms with E-state index >= 15 is 0 Å². The van der Waals surface area contributed by atoms with Gasteiger partial charge in [-0.25, -0.2) is 0 Å². The Kier molecular flexibility index (Phi) is 3.44. The largest absolute Gasteiger partial charge is 0.366 e. The van der Waals surface area contributed by atoms with Crippen molar-refractivity contribution in [3.8, 4) is 0 Å². The summed E-state index contributed by atoms with van der Waals surface area (Å²) in [5.74, 6) is -0.159. The quantitative estimate of drug-likeness (QED) is 0.704. The van der Waals surface area contributed by atoms with Crippen LogP contribution in [0.2, 0.25) is 0 Å². The number of hydrogen-bond donors (Lipinski definition) is 3. The van der Waals surface area contributed by atoms with E-state index in [1.54, 1.807) is 5.38 Å². The van der Waals surface area contributed by atoms with Crippen LogP contribution in [0.15, 0.2) is 11.4 Å². The molecule has 0 spiro atoms. The lowest BCUT2D eigenvalue weighted by Crippen LogP contribution is -2.38. The van der Waals surface area contributed by atoms with Gasteiger partial charge < -0.3 is 16.8 Å². The van der Waals surface area contributed by atoms with E-state index in [-0.39, 0.29) is 11.9 Å². The maximum Gasteiger partial charge on any atom is 0.261 e. The van der Waals surface area contributed by atoms with E-state index in [4.69, 9.17) is 11.5 Å². The highest BCUT2D eigenvalue weighted by molar-refractivity contribution is 7.12. The van der Waals surface area contributed by atoms with Gasteiger partial charge in [0.25, 0.3) is 5.91 Å². The SMILES string of the molecule is NC(=O)c1csc(C(=O)NCC(N)C2CC2)c1. The molecular formula is C11H15N3O2S. The van der Waals surface area contributed by atoms with Crippen molar-refractivity contribution in [2.75, 3.05) is 6.54 Å². The molecule has 1 heterocycles. The number of primary amides is 1. The summed E-state index contributed by atoms with van der Waals surface area (Å²) in [7, 11) is 0. The molecule has 0 bridgehead atoms. The smallest absolute Gasteiger partial charge is 0.261 e. The zero-order chi connectivity index (χ0) is 12.4. The summed E-state index contributed by atoms with van der Waals surface area (Å²) in [6.07, 6.45) is 2.31. The Morgan fingerprint density at radius 1 is 1.53 bits per heavy atom. The minimum atomic E-state index is -0.519. The van der Waals surface area contributed by atoms with E-state index in [0.717, 1.165) is 12.8 Å². The Labute approximate surface area is 103 Å². The fourth-order valence-corrected chi connectivity index (χ4v) is 2.39. The molecule has 1 fully saturated rings. The Hall–Kier alpha value is -1.40. The minimum Gasteiger partial charge on any atom is -0.366 e. The van der Waals surface area contributed by atoms with E-state index in [2.05, 4.69) is 5.32 Å². The summed E-state index contributed by atoms with van der Waals surface area (Å²) in [6, 6.07) is 1.54. The van der Waals surface area contributed by atoms with Crippen LogP contribution in [-0.4, -0.2) is 24.4 Å². The summed E-state index contributed by atoms with van der Waals surface area (Å²) in [4.78, 5) is 23.1. The van der Waals surface area contributed by atoms with Crippen LogP contribution in [0, 0.1) is 5.92 Å². The number of hydrogen-bond acceptors (Lipinski definition) is 4. The van der Waals surface area contributed by atoms with Crippen molar-refractivity contribution in [1.82, 2.24) is 5.32 Å². The lowest BCUT2D eigenvalue weighted by Gasteiger charge is -2.10. The van der Waals surface area contributed by atoms with Gasteiger partial charge in [0, 0.05) is 18.0 Å². The summed E-state index contributed by atoms with van der Waals surface area (Å²) in [5, 5.41) is 4.35. The van der Waals surface area contributed by atoms with Crippen LogP contribution in [0.4, 0.5) is 0 Å². The molecule has 5 nitrogen and oxygen atoms in total. The average Bonchev–Trinajstić information content (AvgIpc) is 3.02. The number of rotatable bonds is 5. The second-order valence-electron chi connectivity index (χ2n) is 4.28. The third-order valence-electron chi connectivity index (χ3n) is 2.83. The van der Waals surface area contributed by atoms with E-state index in [9.17, 15) is 9.59 Å². The molecule has 1 aromatic heterocycles. The second kappa shape index (κ2) is 4.85. The number of carbonyl (C=O) groups excluding carboxylic acids is 2. The third kappa shape index (κ3) is 3.04. The standard InChI is InChI=1S/C11H15N3O2S/c12-8(6-1-2-6)4-14-11(16)9-3-7(5-17-9)10(13)15/h3,5-6,8H,1-2,4,12H2,(H2,13,15)(H,14,16). The van der Waals surface area contributed by atoms with E-state index in [0.29, 0.717) is 22.9 Å². The van der Waals surface area contributed by atoms with Crippen LogP contribution in [0.25, 0.3) is 0 Å². The molecule has 6 heteroatoms. The number of carbonyl (C=O) groups is 2. The first-order valence-corrected chi connectivity index (χ1v) is 6.38. The van der Waals surface area contributed by atoms with Crippen molar-refractivity contribution in [3.05, 3.63) is 21.9 Å². The van der Waals surface area contributed by atoms with Crippen molar-refractivity contribution in [2.45, 2.75) is 18.9 Å². The molecule has 17 heavy (non-hydrogen) atoms. The summed E-state index contributed by atoms with van der Waals surface area (Å²) < 4.78 is 0. The number of nitrogens with one attached hydrogen (secondary N) is 1. The first kappa shape index (κ1) is 12.1. The number of amides is 2. The van der Waals surface area contributed by atoms with Gasteiger partial charge in [0.05, 0.1) is 10.4 Å². The van der Waals surface area contributed by atoms with E-state index in [1.807, 2.05) is 0 Å². The van der Waals surface area contributed by atoms with Gasteiger partial charge >= 0.3 is 0 Å². The molecule has 1 aliphatic carbocycles. The van der Waals surface area contributed by atoms with Crippen LogP contribution in [-0.2, 0) is 0 Å². The molecule has 92 valence electrons. The highest BCUT2D eigenvalue weighted by Gasteiger charge is 2.28. The highest BCUT2D eigenvalue weighted by atomic mass is 32.1. The zero-order valence-electron chi connectivity index (χ0n) is 9.31. The number of nitrogens with two attached hydrogens (primary N) is 2. The molecule has 1 atom stereocenters. The summed E-state index contributed by atoms with van der Waals surface area (Å²) >= 11 is 1.21. The van der Waals surface area contributed by atoms with Gasteiger partial charge in [0.1, 0.15) is 0 Å². The lowest BCUT2D eigenvalue weighted by molar-refractivity contribution is 0.0954. The Balaban J connectivity index is 1.87. The molecule has 1 unspecified atom stereocenters. The average molecular weight is 253 g/mol. The van der Waals surface area contributed by atoms with Crippen LogP contribution >= 0.6 is 11.3 Å². The molecule has 1 saturated carbocycles. The summed E-state index contributed by atoms with van der Waals surface area (Å²) in [6.45, 7) is 0.479. The van der Waals surface area contributed by atoms with Gasteiger partial charge in [0.15, 0.2) is 0 Å². The zero-order valence-corrected chi connectivity index (χ0v) is 10.1. The van der Waals surface area contributed by atoms with Crippen LogP contribution in [0.5, 0.6) is 0 Å². The maximum absolute atomic E-state index is 11.7. The lowest BCUT2D eigenvalue weighted by atomic mass is 10.2. The molecule has 0 aliphatic heterocycles. The van der Waals surface area contributed by atoms with Crippen LogP contribution in [0.3, 0.4) is 0 Å². The fourth-order valence-electron chi connectivity index (χ4n) is 1.57. The molecule has 0 saturated heterocycles. The third-order valence-corrected chi connectivity index (χ3v) is 3.76. The monoisotopic (exact) mass is 253 g/mol. The molecule has 5 N–H and O–H groups in total. The van der Waals surface area contributed by atoms with Gasteiger partial charge in [-0.2, -0.15) is 0 Å². The Morgan fingerprint density at radius 2 is 2.24 bits per heavy atom. The van der Waals surface area contributed by atoms with Gasteiger partial charge in [-0.05, 0) is 24.8 Å².